The molecule has 0 bridgehead atoms. The summed E-state index contributed by atoms with van der Waals surface area (Å²) in [5.41, 5.74) is 4.13. The van der Waals surface area contributed by atoms with Crippen molar-refractivity contribution in [3.63, 3.8) is 0 Å². The number of rotatable bonds is 6. The fourth-order valence-electron chi connectivity index (χ4n) is 2.30. The molecule has 0 radical (unpaired) electrons. The van der Waals surface area contributed by atoms with Gasteiger partial charge in [-0.25, -0.2) is 4.98 Å². The zero-order valence-corrected chi connectivity index (χ0v) is 13.7. The molecule has 4 nitrogen and oxygen atoms in total. The van der Waals surface area contributed by atoms with E-state index in [1.54, 1.807) is 6.08 Å². The largest absolute Gasteiger partial charge is 0.351 e. The molecule has 0 aliphatic heterocycles. The summed E-state index contributed by atoms with van der Waals surface area (Å²) in [4.78, 5) is 9.12. The molecule has 0 aliphatic carbocycles. The van der Waals surface area contributed by atoms with Crippen molar-refractivity contribution in [2.24, 2.45) is 0 Å². The molecule has 0 amide bonds. The fourth-order valence-corrected chi connectivity index (χ4v) is 2.30. The first-order valence-electron chi connectivity index (χ1n) is 7.87. The van der Waals surface area contributed by atoms with Crippen LogP contribution >= 0.6 is 0 Å². The Balaban J connectivity index is 1.94. The van der Waals surface area contributed by atoms with Crippen molar-refractivity contribution >= 4 is 17.5 Å². The van der Waals surface area contributed by atoms with Crippen molar-refractivity contribution < 1.29 is 0 Å². The summed E-state index contributed by atoms with van der Waals surface area (Å²) in [6.45, 7) is 6.40. The third-order valence-corrected chi connectivity index (χ3v) is 3.52. The molecule has 0 atom stereocenters. The van der Waals surface area contributed by atoms with Crippen LogP contribution in [0.15, 0.2) is 73.3 Å². The van der Waals surface area contributed by atoms with Crippen molar-refractivity contribution in [3.8, 4) is 11.3 Å². The minimum absolute atomic E-state index is 0.575. The number of nitrogens with zero attached hydrogens (tertiary/aromatic N) is 2. The molecule has 1 aromatic heterocycles. The first-order chi connectivity index (χ1) is 11.7. The van der Waals surface area contributed by atoms with Crippen LogP contribution in [-0.2, 0) is 0 Å². The summed E-state index contributed by atoms with van der Waals surface area (Å²) < 4.78 is 0. The maximum absolute atomic E-state index is 4.59. The van der Waals surface area contributed by atoms with Crippen LogP contribution in [0.25, 0.3) is 11.3 Å². The van der Waals surface area contributed by atoms with Gasteiger partial charge in [0.25, 0.3) is 0 Å². The molecule has 0 fully saturated rings. The van der Waals surface area contributed by atoms with Crippen LogP contribution in [0, 0.1) is 6.92 Å². The van der Waals surface area contributed by atoms with Gasteiger partial charge in [-0.3, -0.25) is 0 Å². The van der Waals surface area contributed by atoms with Crippen molar-refractivity contribution in [3.05, 3.63) is 78.9 Å². The van der Waals surface area contributed by atoms with E-state index in [2.05, 4.69) is 46.2 Å². The maximum atomic E-state index is 4.59. The minimum Gasteiger partial charge on any atom is -0.351 e. The lowest BCUT2D eigenvalue weighted by Crippen LogP contribution is -2.06. The van der Waals surface area contributed by atoms with E-state index in [1.165, 1.54) is 5.56 Å². The van der Waals surface area contributed by atoms with E-state index < -0.39 is 0 Å². The zero-order chi connectivity index (χ0) is 16.8. The van der Waals surface area contributed by atoms with Gasteiger partial charge in [0.15, 0.2) is 0 Å². The van der Waals surface area contributed by atoms with E-state index in [1.807, 2.05) is 48.5 Å². The Hall–Kier alpha value is -3.14. The lowest BCUT2D eigenvalue weighted by molar-refractivity contribution is 1.12. The average Bonchev–Trinajstić information content (AvgIpc) is 2.62. The lowest BCUT2D eigenvalue weighted by Gasteiger charge is -2.11. The highest BCUT2D eigenvalue weighted by Gasteiger charge is 2.06. The standard InChI is InChI=1S/C20H20N4/c1-3-13-21-20-23-18(16-7-5-4-6-8-16)14-19(24-20)22-17-11-9-15(2)10-12-17/h3-12,14H,1,13H2,2H3,(H2,21,22,23,24). The minimum atomic E-state index is 0.575. The highest BCUT2D eigenvalue weighted by molar-refractivity contribution is 5.67. The van der Waals surface area contributed by atoms with Crippen LogP contribution in [-0.4, -0.2) is 16.5 Å². The molecule has 0 saturated heterocycles. The topological polar surface area (TPSA) is 49.8 Å². The summed E-state index contributed by atoms with van der Waals surface area (Å²) >= 11 is 0. The predicted octanol–water partition coefficient (Wildman–Crippen LogP) is 4.79. The molecule has 0 saturated carbocycles. The number of aromatic nitrogens is 2. The molecule has 120 valence electrons. The second kappa shape index (κ2) is 7.42. The smallest absolute Gasteiger partial charge is 0.225 e. The summed E-state index contributed by atoms with van der Waals surface area (Å²) in [5.74, 6) is 1.32. The Labute approximate surface area is 142 Å². The zero-order valence-electron chi connectivity index (χ0n) is 13.7. The normalized spacial score (nSPS) is 10.2. The average molecular weight is 316 g/mol. The van der Waals surface area contributed by atoms with Crippen molar-refractivity contribution in [1.82, 2.24) is 9.97 Å². The van der Waals surface area contributed by atoms with Crippen LogP contribution in [0.3, 0.4) is 0 Å². The third kappa shape index (κ3) is 3.98. The van der Waals surface area contributed by atoms with Gasteiger partial charge in [-0.05, 0) is 19.1 Å². The molecular formula is C20H20N4. The molecule has 3 aromatic rings. The van der Waals surface area contributed by atoms with Gasteiger partial charge in [0.2, 0.25) is 5.95 Å². The molecule has 4 heteroatoms. The van der Waals surface area contributed by atoms with E-state index in [0.717, 1.165) is 22.8 Å². The van der Waals surface area contributed by atoms with Crippen molar-refractivity contribution in [2.45, 2.75) is 6.92 Å². The molecule has 24 heavy (non-hydrogen) atoms. The van der Waals surface area contributed by atoms with E-state index >= 15 is 0 Å². The summed E-state index contributed by atoms with van der Waals surface area (Å²) in [6, 6.07) is 20.2. The Morgan fingerprint density at radius 1 is 1.00 bits per heavy atom. The molecule has 2 N–H and O–H groups in total. The van der Waals surface area contributed by atoms with Crippen LogP contribution in [0.4, 0.5) is 17.5 Å². The van der Waals surface area contributed by atoms with Crippen molar-refractivity contribution in [2.75, 3.05) is 17.2 Å². The number of anilines is 3. The van der Waals surface area contributed by atoms with Gasteiger partial charge in [-0.2, -0.15) is 4.98 Å². The van der Waals surface area contributed by atoms with Gasteiger partial charge in [0.1, 0.15) is 5.82 Å². The second-order valence-corrected chi connectivity index (χ2v) is 5.49. The summed E-state index contributed by atoms with van der Waals surface area (Å²) in [6.07, 6.45) is 1.78. The van der Waals surface area contributed by atoms with Gasteiger partial charge < -0.3 is 10.6 Å². The number of benzene rings is 2. The molecule has 3 rings (SSSR count). The second-order valence-electron chi connectivity index (χ2n) is 5.49. The predicted molar refractivity (Wildman–Crippen MR) is 101 cm³/mol. The van der Waals surface area contributed by atoms with Gasteiger partial charge in [0, 0.05) is 23.9 Å². The van der Waals surface area contributed by atoms with E-state index in [4.69, 9.17) is 0 Å². The SMILES string of the molecule is C=CCNc1nc(Nc2ccc(C)cc2)cc(-c2ccccc2)n1. The van der Waals surface area contributed by atoms with Crippen molar-refractivity contribution in [1.29, 1.82) is 0 Å². The van der Waals surface area contributed by atoms with E-state index in [-0.39, 0.29) is 0 Å². The van der Waals surface area contributed by atoms with E-state index in [9.17, 15) is 0 Å². The first kappa shape index (κ1) is 15.7. The molecule has 0 aliphatic rings. The van der Waals surface area contributed by atoms with Crippen LogP contribution in [0.2, 0.25) is 0 Å². The Kier molecular flexibility index (Phi) is 4.87. The number of hydrogen-bond acceptors (Lipinski definition) is 4. The first-order valence-corrected chi connectivity index (χ1v) is 7.87. The Morgan fingerprint density at radius 3 is 2.46 bits per heavy atom. The molecule has 1 heterocycles. The third-order valence-electron chi connectivity index (χ3n) is 3.52. The summed E-state index contributed by atoms with van der Waals surface area (Å²) in [7, 11) is 0. The van der Waals surface area contributed by atoms with Gasteiger partial charge in [-0.15, -0.1) is 6.58 Å². The van der Waals surface area contributed by atoms with Gasteiger partial charge >= 0.3 is 0 Å². The van der Waals surface area contributed by atoms with E-state index in [0.29, 0.717) is 12.5 Å². The van der Waals surface area contributed by atoms with Crippen LogP contribution in [0.5, 0.6) is 0 Å². The van der Waals surface area contributed by atoms with Crippen LogP contribution < -0.4 is 10.6 Å². The molecule has 0 unspecified atom stereocenters. The molecule has 2 aromatic carbocycles. The Morgan fingerprint density at radius 2 is 1.75 bits per heavy atom. The maximum Gasteiger partial charge on any atom is 0.225 e. The van der Waals surface area contributed by atoms with Gasteiger partial charge in [-0.1, -0.05) is 54.1 Å². The fraction of sp³-hybridized carbons (Fsp3) is 0.100. The molecular weight excluding hydrogens is 296 g/mol. The monoisotopic (exact) mass is 316 g/mol. The highest BCUT2D eigenvalue weighted by atomic mass is 15.1. The lowest BCUT2D eigenvalue weighted by atomic mass is 10.1. The highest BCUT2D eigenvalue weighted by Crippen LogP contribution is 2.23. The Bertz CT molecular complexity index is 811. The number of aryl methyl sites for hydroxylation is 1. The number of hydrogen-bond donors (Lipinski definition) is 2. The number of nitrogens with one attached hydrogen (secondary N) is 2. The van der Waals surface area contributed by atoms with Crippen LogP contribution in [0.1, 0.15) is 5.56 Å². The quantitative estimate of drug-likeness (QED) is 0.642. The molecule has 0 spiro atoms. The summed E-state index contributed by atoms with van der Waals surface area (Å²) in [5, 5.41) is 6.50. The van der Waals surface area contributed by atoms with Gasteiger partial charge in [0.05, 0.1) is 5.69 Å².